The molecule has 0 aliphatic rings. The molecule has 2 aromatic carbocycles. The Labute approximate surface area is 117 Å². The highest BCUT2D eigenvalue weighted by atomic mass is 35.5. The first kappa shape index (κ1) is 13.8. The van der Waals surface area contributed by atoms with Gasteiger partial charge in [-0.15, -0.1) is 0 Å². The number of aryl methyl sites for hydroxylation is 1. The first-order valence-electron chi connectivity index (χ1n) is 5.89. The molecule has 0 saturated heterocycles. The van der Waals surface area contributed by atoms with Crippen LogP contribution in [0.5, 0.6) is 5.75 Å². The Bertz CT molecular complexity index is 613. The Morgan fingerprint density at radius 3 is 2.63 bits per heavy atom. The van der Waals surface area contributed by atoms with Gasteiger partial charge in [-0.2, -0.15) is 0 Å². The van der Waals surface area contributed by atoms with E-state index in [9.17, 15) is 4.39 Å². The quantitative estimate of drug-likeness (QED) is 0.924. The van der Waals surface area contributed by atoms with E-state index >= 15 is 0 Å². The minimum absolute atomic E-state index is 0.304. The molecule has 0 aliphatic heterocycles. The van der Waals surface area contributed by atoms with Gasteiger partial charge >= 0.3 is 0 Å². The average Bonchev–Trinajstić information content (AvgIpc) is 2.42. The topological polar surface area (TPSA) is 35.2 Å². The second-order valence-corrected chi connectivity index (χ2v) is 4.72. The summed E-state index contributed by atoms with van der Waals surface area (Å²) >= 11 is 6.10. The van der Waals surface area contributed by atoms with Crippen molar-refractivity contribution >= 4 is 11.6 Å². The molecule has 0 heterocycles. The Kier molecular flexibility index (Phi) is 4.08. The number of nitrogens with two attached hydrogens (primary N) is 1. The van der Waals surface area contributed by atoms with Crippen molar-refractivity contribution in [2.24, 2.45) is 5.73 Å². The molecule has 0 unspecified atom stereocenters. The summed E-state index contributed by atoms with van der Waals surface area (Å²) in [6.07, 6.45) is 0. The maximum Gasteiger partial charge on any atom is 0.127 e. The molecule has 2 nitrogen and oxygen atoms in total. The molecule has 0 saturated carbocycles. The maximum atomic E-state index is 13.4. The zero-order chi connectivity index (χ0) is 14.0. The molecular weight excluding hydrogens is 265 g/mol. The zero-order valence-electron chi connectivity index (χ0n) is 10.8. The maximum absolute atomic E-state index is 13.4. The minimum Gasteiger partial charge on any atom is -0.496 e. The monoisotopic (exact) mass is 279 g/mol. The fourth-order valence-electron chi connectivity index (χ4n) is 1.98. The van der Waals surface area contributed by atoms with E-state index in [0.717, 1.165) is 22.4 Å². The fraction of sp³-hybridized carbons (Fsp3) is 0.200. The van der Waals surface area contributed by atoms with Gasteiger partial charge in [-0.05, 0) is 42.3 Å². The number of hydrogen-bond acceptors (Lipinski definition) is 2. The summed E-state index contributed by atoms with van der Waals surface area (Å²) in [7, 11) is 1.60. The molecule has 0 radical (unpaired) electrons. The van der Waals surface area contributed by atoms with Gasteiger partial charge in [-0.1, -0.05) is 17.7 Å². The van der Waals surface area contributed by atoms with E-state index in [0.29, 0.717) is 17.1 Å². The molecule has 0 bridgehead atoms. The summed E-state index contributed by atoms with van der Waals surface area (Å²) in [6, 6.07) is 8.71. The second kappa shape index (κ2) is 5.59. The molecule has 0 amide bonds. The van der Waals surface area contributed by atoms with Crippen molar-refractivity contribution in [3.8, 4) is 16.9 Å². The Morgan fingerprint density at radius 1 is 1.26 bits per heavy atom. The van der Waals surface area contributed by atoms with Crippen LogP contribution in [-0.4, -0.2) is 7.11 Å². The highest BCUT2D eigenvalue weighted by molar-refractivity contribution is 6.33. The summed E-state index contributed by atoms with van der Waals surface area (Å²) in [5.41, 5.74) is 8.83. The van der Waals surface area contributed by atoms with Crippen molar-refractivity contribution in [1.29, 1.82) is 0 Å². The van der Waals surface area contributed by atoms with E-state index in [2.05, 4.69) is 0 Å². The SMILES string of the molecule is COc1ccc(-c2cc(C)c(F)cc2Cl)cc1CN. The molecule has 100 valence electrons. The summed E-state index contributed by atoms with van der Waals surface area (Å²) < 4.78 is 18.6. The van der Waals surface area contributed by atoms with E-state index in [-0.39, 0.29) is 5.82 Å². The summed E-state index contributed by atoms with van der Waals surface area (Å²) in [6.45, 7) is 2.08. The molecule has 0 spiro atoms. The van der Waals surface area contributed by atoms with E-state index in [1.807, 2.05) is 18.2 Å². The lowest BCUT2D eigenvalue weighted by atomic mass is 10.0. The van der Waals surface area contributed by atoms with Gasteiger partial charge in [-0.25, -0.2) is 4.39 Å². The second-order valence-electron chi connectivity index (χ2n) is 4.31. The van der Waals surface area contributed by atoms with Crippen molar-refractivity contribution < 1.29 is 9.13 Å². The van der Waals surface area contributed by atoms with Gasteiger partial charge in [0.15, 0.2) is 0 Å². The number of benzene rings is 2. The van der Waals surface area contributed by atoms with Crippen LogP contribution in [0.4, 0.5) is 4.39 Å². The number of ether oxygens (including phenoxy) is 1. The first-order chi connectivity index (χ1) is 9.06. The molecule has 2 aromatic rings. The van der Waals surface area contributed by atoms with Gasteiger partial charge < -0.3 is 10.5 Å². The molecule has 2 rings (SSSR count). The van der Waals surface area contributed by atoms with Crippen LogP contribution in [0.25, 0.3) is 11.1 Å². The van der Waals surface area contributed by atoms with Crippen LogP contribution in [0, 0.1) is 12.7 Å². The Balaban J connectivity index is 2.56. The van der Waals surface area contributed by atoms with Crippen LogP contribution < -0.4 is 10.5 Å². The molecule has 0 fully saturated rings. The lowest BCUT2D eigenvalue weighted by Gasteiger charge is -2.11. The van der Waals surface area contributed by atoms with Crippen molar-refractivity contribution in [2.75, 3.05) is 7.11 Å². The van der Waals surface area contributed by atoms with Crippen molar-refractivity contribution in [1.82, 2.24) is 0 Å². The minimum atomic E-state index is -0.304. The van der Waals surface area contributed by atoms with Crippen LogP contribution in [0.1, 0.15) is 11.1 Å². The van der Waals surface area contributed by atoms with E-state index < -0.39 is 0 Å². The van der Waals surface area contributed by atoms with E-state index in [1.165, 1.54) is 6.07 Å². The van der Waals surface area contributed by atoms with E-state index in [4.69, 9.17) is 22.1 Å². The standard InChI is InChI=1S/C15H15ClFNO/c1-9-5-12(13(16)7-14(9)17)10-3-4-15(19-2)11(6-10)8-18/h3-7H,8,18H2,1-2H3. The third-order valence-corrected chi connectivity index (χ3v) is 3.37. The Hall–Kier alpha value is -1.58. The lowest BCUT2D eigenvalue weighted by Crippen LogP contribution is -2.00. The predicted octanol–water partition coefficient (Wildman–Crippen LogP) is 3.92. The van der Waals surface area contributed by atoms with Crippen LogP contribution >= 0.6 is 11.6 Å². The fourth-order valence-corrected chi connectivity index (χ4v) is 2.24. The number of halogens is 2. The number of methoxy groups -OCH3 is 1. The van der Waals surface area contributed by atoms with Gasteiger partial charge in [0.05, 0.1) is 12.1 Å². The molecular formula is C15H15ClFNO. The molecule has 0 aromatic heterocycles. The van der Waals surface area contributed by atoms with Gasteiger partial charge in [0.25, 0.3) is 0 Å². The molecule has 0 aliphatic carbocycles. The normalized spacial score (nSPS) is 10.6. The third-order valence-electron chi connectivity index (χ3n) is 3.06. The predicted molar refractivity (Wildman–Crippen MR) is 76.0 cm³/mol. The van der Waals surface area contributed by atoms with Gasteiger partial charge in [0.1, 0.15) is 11.6 Å². The third kappa shape index (κ3) is 2.72. The van der Waals surface area contributed by atoms with Crippen molar-refractivity contribution in [2.45, 2.75) is 13.5 Å². The van der Waals surface area contributed by atoms with Crippen LogP contribution in [-0.2, 0) is 6.54 Å². The number of rotatable bonds is 3. The molecule has 4 heteroatoms. The largest absolute Gasteiger partial charge is 0.496 e. The van der Waals surface area contributed by atoms with Crippen LogP contribution in [0.2, 0.25) is 5.02 Å². The smallest absolute Gasteiger partial charge is 0.127 e. The van der Waals surface area contributed by atoms with Gasteiger partial charge in [0, 0.05) is 17.7 Å². The summed E-state index contributed by atoms with van der Waals surface area (Å²) in [4.78, 5) is 0. The summed E-state index contributed by atoms with van der Waals surface area (Å²) in [5, 5.41) is 0.385. The first-order valence-corrected chi connectivity index (χ1v) is 6.27. The Morgan fingerprint density at radius 2 is 2.00 bits per heavy atom. The molecule has 0 atom stereocenters. The van der Waals surface area contributed by atoms with Crippen molar-refractivity contribution in [3.05, 3.63) is 52.3 Å². The lowest BCUT2D eigenvalue weighted by molar-refractivity contribution is 0.410. The van der Waals surface area contributed by atoms with E-state index in [1.54, 1.807) is 20.1 Å². The van der Waals surface area contributed by atoms with Crippen LogP contribution in [0.15, 0.2) is 30.3 Å². The van der Waals surface area contributed by atoms with Crippen molar-refractivity contribution in [3.63, 3.8) is 0 Å². The molecule has 19 heavy (non-hydrogen) atoms. The molecule has 2 N–H and O–H groups in total. The number of hydrogen-bond donors (Lipinski definition) is 1. The highest BCUT2D eigenvalue weighted by Gasteiger charge is 2.10. The summed E-state index contributed by atoms with van der Waals surface area (Å²) in [5.74, 6) is 0.433. The highest BCUT2D eigenvalue weighted by Crippen LogP contribution is 2.33. The zero-order valence-corrected chi connectivity index (χ0v) is 11.6. The van der Waals surface area contributed by atoms with Gasteiger partial charge in [0.2, 0.25) is 0 Å². The van der Waals surface area contributed by atoms with Crippen LogP contribution in [0.3, 0.4) is 0 Å². The van der Waals surface area contributed by atoms with Gasteiger partial charge in [-0.3, -0.25) is 0 Å². The average molecular weight is 280 g/mol.